The van der Waals surface area contributed by atoms with Crippen LogP contribution in [0.15, 0.2) is 47.3 Å². The van der Waals surface area contributed by atoms with Gasteiger partial charge in [-0.25, -0.2) is 8.78 Å². The molecule has 1 atom stereocenters. The van der Waals surface area contributed by atoms with Crippen LogP contribution in [0, 0.1) is 18.6 Å². The third-order valence-corrected chi connectivity index (χ3v) is 6.14. The van der Waals surface area contributed by atoms with Gasteiger partial charge in [-0.05, 0) is 61.4 Å². The van der Waals surface area contributed by atoms with E-state index in [1.807, 2.05) is 0 Å². The molecular formula is C24H20ClF2N3O3. The van der Waals surface area contributed by atoms with Gasteiger partial charge in [-0.15, -0.1) is 0 Å². The minimum absolute atomic E-state index is 0.0882. The van der Waals surface area contributed by atoms with Gasteiger partial charge >= 0.3 is 0 Å². The van der Waals surface area contributed by atoms with E-state index in [1.54, 1.807) is 27.0 Å². The van der Waals surface area contributed by atoms with Gasteiger partial charge < -0.3 is 14.8 Å². The number of rotatable bonds is 3. The fourth-order valence-corrected chi connectivity index (χ4v) is 4.07. The molecule has 2 amide bonds. The molecule has 0 fully saturated rings. The number of hydrogen-bond acceptors (Lipinski definition) is 3. The number of halogens is 3. The summed E-state index contributed by atoms with van der Waals surface area (Å²) < 4.78 is 29.2. The lowest BCUT2D eigenvalue weighted by molar-refractivity contribution is -0.122. The van der Waals surface area contributed by atoms with Crippen LogP contribution in [-0.2, 0) is 16.6 Å². The quantitative estimate of drug-likeness (QED) is 0.616. The highest BCUT2D eigenvalue weighted by Gasteiger charge is 2.34. The van der Waals surface area contributed by atoms with Crippen LogP contribution < -0.4 is 15.8 Å². The largest absolute Gasteiger partial charge is 0.324 e. The molecule has 3 aromatic rings. The van der Waals surface area contributed by atoms with Crippen LogP contribution in [0.5, 0.6) is 0 Å². The second kappa shape index (κ2) is 8.44. The lowest BCUT2D eigenvalue weighted by atomic mass is 9.92. The maximum atomic E-state index is 14.0. The van der Waals surface area contributed by atoms with E-state index in [1.165, 1.54) is 39.8 Å². The fraction of sp³-hybridized carbons (Fsp3) is 0.208. The third kappa shape index (κ3) is 4.02. The Morgan fingerprint density at radius 3 is 2.55 bits per heavy atom. The van der Waals surface area contributed by atoms with Gasteiger partial charge in [0.15, 0.2) is 0 Å². The molecule has 2 heterocycles. The van der Waals surface area contributed by atoms with Crippen molar-refractivity contribution in [2.24, 2.45) is 7.05 Å². The highest BCUT2D eigenvalue weighted by atomic mass is 35.5. The van der Waals surface area contributed by atoms with Crippen molar-refractivity contribution in [3.63, 3.8) is 0 Å². The first-order valence-electron chi connectivity index (χ1n) is 10.1. The molecule has 1 aliphatic heterocycles. The zero-order chi connectivity index (χ0) is 24.0. The molecule has 1 aliphatic rings. The van der Waals surface area contributed by atoms with Crippen molar-refractivity contribution in [3.05, 3.63) is 80.7 Å². The molecule has 2 aromatic carbocycles. The number of carbonyl (C=O) groups excluding carboxylic acids is 2. The molecule has 9 heteroatoms. The van der Waals surface area contributed by atoms with Crippen LogP contribution in [0.1, 0.15) is 24.1 Å². The molecule has 0 radical (unpaired) electrons. The molecule has 6 nitrogen and oxygen atoms in total. The van der Waals surface area contributed by atoms with Crippen LogP contribution >= 0.6 is 11.6 Å². The van der Waals surface area contributed by atoms with Crippen LogP contribution in [-0.4, -0.2) is 22.9 Å². The minimum Gasteiger partial charge on any atom is -0.324 e. The molecule has 4 rings (SSSR count). The summed E-state index contributed by atoms with van der Waals surface area (Å²) in [7, 11) is 1.60. The van der Waals surface area contributed by atoms with Gasteiger partial charge in [-0.3, -0.25) is 14.4 Å². The Hall–Kier alpha value is -3.52. The normalized spacial score (nSPS) is 15.0. The Kier molecular flexibility index (Phi) is 5.80. The van der Waals surface area contributed by atoms with Crippen molar-refractivity contribution in [1.82, 2.24) is 4.57 Å². The summed E-state index contributed by atoms with van der Waals surface area (Å²) in [5.41, 5.74) is 1.65. The topological polar surface area (TPSA) is 71.4 Å². The zero-order valence-electron chi connectivity index (χ0n) is 18.1. The number of amides is 2. The Balaban J connectivity index is 1.81. The smallest absolute Gasteiger partial charge is 0.260 e. The first-order valence-corrected chi connectivity index (χ1v) is 10.5. The number of carbonyl (C=O) groups is 2. The van der Waals surface area contributed by atoms with Gasteiger partial charge in [-0.2, -0.15) is 0 Å². The second-order valence-electron chi connectivity index (χ2n) is 7.96. The molecule has 0 saturated heterocycles. The SMILES string of the molecule is Cc1cc2c(c(=O)n1C)-c1ccc(F)cc1[C@@H](C)C(=O)N2CC(=O)Nc1ccc(Cl)c(F)c1. The van der Waals surface area contributed by atoms with Crippen molar-refractivity contribution < 1.29 is 18.4 Å². The fourth-order valence-electron chi connectivity index (χ4n) is 3.96. The van der Waals surface area contributed by atoms with Crippen LogP contribution in [0.3, 0.4) is 0 Å². The van der Waals surface area contributed by atoms with Gasteiger partial charge in [-0.1, -0.05) is 17.7 Å². The highest BCUT2D eigenvalue weighted by molar-refractivity contribution is 6.30. The van der Waals surface area contributed by atoms with Crippen molar-refractivity contribution in [1.29, 1.82) is 0 Å². The maximum Gasteiger partial charge on any atom is 0.260 e. The van der Waals surface area contributed by atoms with E-state index >= 15 is 0 Å². The first-order chi connectivity index (χ1) is 15.6. The van der Waals surface area contributed by atoms with Crippen molar-refractivity contribution in [2.45, 2.75) is 19.8 Å². The predicted molar refractivity (Wildman–Crippen MR) is 123 cm³/mol. The number of anilines is 2. The van der Waals surface area contributed by atoms with E-state index < -0.39 is 35.9 Å². The Labute approximate surface area is 193 Å². The van der Waals surface area contributed by atoms with Gasteiger partial charge in [0, 0.05) is 18.4 Å². The number of fused-ring (bicyclic) bond motifs is 3. The molecule has 0 bridgehead atoms. The van der Waals surface area contributed by atoms with E-state index in [4.69, 9.17) is 11.6 Å². The summed E-state index contributed by atoms with van der Waals surface area (Å²) in [4.78, 5) is 40.7. The highest BCUT2D eigenvalue weighted by Crippen LogP contribution is 2.39. The van der Waals surface area contributed by atoms with E-state index in [0.29, 0.717) is 16.8 Å². The number of nitrogens with one attached hydrogen (secondary N) is 1. The van der Waals surface area contributed by atoms with Gasteiger partial charge in [0.05, 0.1) is 22.2 Å². The summed E-state index contributed by atoms with van der Waals surface area (Å²) in [5, 5.41) is 2.45. The number of aromatic nitrogens is 1. The summed E-state index contributed by atoms with van der Waals surface area (Å²) in [5.74, 6) is -3.11. The zero-order valence-corrected chi connectivity index (χ0v) is 18.8. The molecule has 0 unspecified atom stereocenters. The standard InChI is InChI=1S/C24H20ClF2N3O3/c1-12-8-20-22(24(33)29(12)3)16-6-4-14(26)9-17(16)13(2)23(32)30(20)11-21(31)28-15-5-7-18(25)19(27)10-15/h4-10,13H,11H2,1-3H3,(H,28,31)/t13-/m1/s1. The van der Waals surface area contributed by atoms with Gasteiger partial charge in [0.2, 0.25) is 11.8 Å². The summed E-state index contributed by atoms with van der Waals surface area (Å²) in [6.45, 7) is 2.88. The van der Waals surface area contributed by atoms with Crippen molar-refractivity contribution in [2.75, 3.05) is 16.8 Å². The first kappa shape index (κ1) is 22.7. The van der Waals surface area contributed by atoms with E-state index in [-0.39, 0.29) is 27.5 Å². The summed E-state index contributed by atoms with van der Waals surface area (Å²) in [6, 6.07) is 9.40. The number of benzene rings is 2. The van der Waals surface area contributed by atoms with E-state index in [9.17, 15) is 23.2 Å². The lowest BCUT2D eigenvalue weighted by Gasteiger charge is -2.25. The lowest BCUT2D eigenvalue weighted by Crippen LogP contribution is -2.40. The Morgan fingerprint density at radius 1 is 1.12 bits per heavy atom. The molecule has 0 aliphatic carbocycles. The van der Waals surface area contributed by atoms with E-state index in [2.05, 4.69) is 5.32 Å². The predicted octanol–water partition coefficient (Wildman–Crippen LogP) is 4.38. The Morgan fingerprint density at radius 2 is 1.85 bits per heavy atom. The van der Waals surface area contributed by atoms with Gasteiger partial charge in [0.1, 0.15) is 18.2 Å². The average molecular weight is 472 g/mol. The molecule has 0 saturated carbocycles. The molecule has 33 heavy (non-hydrogen) atoms. The van der Waals surface area contributed by atoms with Crippen LogP contribution in [0.4, 0.5) is 20.2 Å². The maximum absolute atomic E-state index is 14.0. The van der Waals surface area contributed by atoms with E-state index in [0.717, 1.165) is 6.07 Å². The molecule has 0 spiro atoms. The minimum atomic E-state index is -0.811. The monoisotopic (exact) mass is 471 g/mol. The number of aryl methyl sites for hydroxylation is 1. The molecular weight excluding hydrogens is 452 g/mol. The third-order valence-electron chi connectivity index (χ3n) is 5.83. The Bertz CT molecular complexity index is 1370. The molecule has 1 aromatic heterocycles. The van der Waals surface area contributed by atoms with Crippen LogP contribution in [0.2, 0.25) is 5.02 Å². The summed E-state index contributed by atoms with van der Waals surface area (Å²) in [6.07, 6.45) is 0. The molecule has 170 valence electrons. The van der Waals surface area contributed by atoms with Gasteiger partial charge in [0.25, 0.3) is 5.56 Å². The van der Waals surface area contributed by atoms with Crippen LogP contribution in [0.25, 0.3) is 11.1 Å². The molecule has 1 N–H and O–H groups in total. The van der Waals surface area contributed by atoms with Crippen molar-refractivity contribution >= 4 is 34.8 Å². The van der Waals surface area contributed by atoms with Crippen molar-refractivity contribution in [3.8, 4) is 11.1 Å². The number of hydrogen-bond donors (Lipinski definition) is 1. The second-order valence-corrected chi connectivity index (χ2v) is 8.37. The average Bonchev–Trinajstić information content (AvgIpc) is 2.84. The summed E-state index contributed by atoms with van der Waals surface area (Å²) >= 11 is 5.68. The number of pyridine rings is 1. The number of nitrogens with zero attached hydrogens (tertiary/aromatic N) is 2.